The molecule has 0 spiro atoms. The van der Waals surface area contributed by atoms with Gasteiger partial charge in [0.2, 0.25) is 0 Å². The molecule has 1 saturated heterocycles. The van der Waals surface area contributed by atoms with E-state index in [1.54, 1.807) is 35.8 Å². The molecule has 1 fully saturated rings. The summed E-state index contributed by atoms with van der Waals surface area (Å²) in [6.45, 7) is 5.83. The summed E-state index contributed by atoms with van der Waals surface area (Å²) < 4.78 is 6.97. The lowest BCUT2D eigenvalue weighted by molar-refractivity contribution is -0.150. The van der Waals surface area contributed by atoms with E-state index in [0.717, 1.165) is 5.56 Å². The number of hydrogen-bond donors (Lipinski definition) is 2. The van der Waals surface area contributed by atoms with Crippen molar-refractivity contribution in [3.63, 3.8) is 0 Å². The summed E-state index contributed by atoms with van der Waals surface area (Å²) in [5, 5.41) is 26.8. The molecule has 1 aromatic carbocycles. The van der Waals surface area contributed by atoms with Crippen LogP contribution in [0.1, 0.15) is 54.2 Å². The molecule has 3 heterocycles. The number of aliphatic carboxylic acids is 2. The number of methoxy groups -OCH3 is 1. The van der Waals surface area contributed by atoms with Crippen LogP contribution in [-0.2, 0) is 21.5 Å². The number of carboxylic acids is 2. The van der Waals surface area contributed by atoms with Crippen LogP contribution < -0.4 is 4.74 Å². The van der Waals surface area contributed by atoms with Gasteiger partial charge in [-0.2, -0.15) is 5.10 Å². The van der Waals surface area contributed by atoms with Gasteiger partial charge in [0, 0.05) is 29.5 Å². The Morgan fingerprint density at radius 1 is 1.22 bits per heavy atom. The third-order valence-corrected chi connectivity index (χ3v) is 7.40. The van der Waals surface area contributed by atoms with E-state index in [1.807, 2.05) is 20.8 Å². The number of hydrogen-bond acceptors (Lipinski definition) is 7. The van der Waals surface area contributed by atoms with Gasteiger partial charge in [-0.05, 0) is 35.6 Å². The molecule has 11 heteroatoms. The minimum absolute atomic E-state index is 0.193. The van der Waals surface area contributed by atoms with Crippen LogP contribution in [0.2, 0.25) is 0 Å². The van der Waals surface area contributed by atoms with Gasteiger partial charge in [0.25, 0.3) is 5.91 Å². The van der Waals surface area contributed by atoms with Crippen LogP contribution in [0.15, 0.2) is 48.2 Å². The van der Waals surface area contributed by atoms with Crippen LogP contribution >= 0.6 is 11.3 Å². The van der Waals surface area contributed by atoms with Crippen LogP contribution in [0.4, 0.5) is 0 Å². The Hall–Kier alpha value is -3.73. The Balaban J connectivity index is 1.91. The second-order valence-corrected chi connectivity index (χ2v) is 10.8. The van der Waals surface area contributed by atoms with Crippen LogP contribution in [0.25, 0.3) is 0 Å². The molecule has 36 heavy (non-hydrogen) atoms. The molecule has 2 aromatic heterocycles. The first-order valence-corrected chi connectivity index (χ1v) is 12.2. The first-order chi connectivity index (χ1) is 17.0. The number of carbonyl (C=O) groups excluding carboxylic acids is 1. The topological polar surface area (TPSA) is 135 Å². The van der Waals surface area contributed by atoms with Crippen molar-refractivity contribution in [2.24, 2.45) is 5.92 Å². The molecule has 2 N–H and O–H groups in total. The highest BCUT2D eigenvalue weighted by atomic mass is 32.1. The van der Waals surface area contributed by atoms with Gasteiger partial charge in [-0.1, -0.05) is 26.8 Å². The van der Waals surface area contributed by atoms with Crippen molar-refractivity contribution in [2.45, 2.75) is 50.7 Å². The zero-order chi connectivity index (χ0) is 26.3. The second-order valence-electron chi connectivity index (χ2n) is 9.84. The number of amides is 1. The third-order valence-electron chi connectivity index (χ3n) is 6.56. The van der Waals surface area contributed by atoms with E-state index < -0.39 is 35.3 Å². The van der Waals surface area contributed by atoms with Crippen LogP contribution in [0.3, 0.4) is 0 Å². The highest BCUT2D eigenvalue weighted by Crippen LogP contribution is 2.49. The molecular formula is C25H28N4O6S. The summed E-state index contributed by atoms with van der Waals surface area (Å²) in [5.41, 5.74) is -1.07. The monoisotopic (exact) mass is 512 g/mol. The average Bonchev–Trinajstić information content (AvgIpc) is 3.58. The zero-order valence-corrected chi connectivity index (χ0v) is 21.2. The maximum absolute atomic E-state index is 14.2. The molecule has 3 aromatic rings. The SMILES string of the molecule is COc1cc(C(=O)N2[C@@H](c3nccs3)[C@@H](C(=O)O)C[C@@]2(Cn2cccn2)C(=O)O)ccc1C(C)(C)C. The number of ether oxygens (including phenoxy) is 1. The molecule has 1 aliphatic heterocycles. The Morgan fingerprint density at radius 2 is 1.97 bits per heavy atom. The Bertz CT molecular complexity index is 1270. The summed E-state index contributed by atoms with van der Waals surface area (Å²) in [4.78, 5) is 44.9. The van der Waals surface area contributed by atoms with Crippen molar-refractivity contribution in [1.29, 1.82) is 0 Å². The highest BCUT2D eigenvalue weighted by Gasteiger charge is 2.62. The van der Waals surface area contributed by atoms with E-state index in [-0.39, 0.29) is 23.9 Å². The third kappa shape index (κ3) is 4.34. The standard InChI is InChI=1S/C25H28N4O6S/c1-24(2,3)17-7-6-15(12-18(17)35-4)21(30)29-19(20-26-9-11-36-20)16(22(31)32)13-25(29,23(33)34)14-28-10-5-8-27-28/h5-12,16,19H,13-14H2,1-4H3,(H,31,32)(H,33,34)/t16-,19+,25+/m0/s1. The maximum Gasteiger partial charge on any atom is 0.331 e. The van der Waals surface area contributed by atoms with Gasteiger partial charge in [0.15, 0.2) is 5.54 Å². The van der Waals surface area contributed by atoms with E-state index in [1.165, 1.54) is 40.4 Å². The lowest BCUT2D eigenvalue weighted by atomic mass is 9.85. The van der Waals surface area contributed by atoms with Crippen LogP contribution in [-0.4, -0.2) is 60.4 Å². The van der Waals surface area contributed by atoms with E-state index in [2.05, 4.69) is 10.1 Å². The molecule has 1 amide bonds. The van der Waals surface area contributed by atoms with Crippen molar-refractivity contribution >= 4 is 29.2 Å². The fourth-order valence-corrected chi connectivity index (χ4v) is 5.66. The molecule has 4 rings (SSSR count). The Morgan fingerprint density at radius 3 is 2.50 bits per heavy atom. The predicted molar refractivity (Wildman–Crippen MR) is 131 cm³/mol. The molecule has 0 aliphatic carbocycles. The summed E-state index contributed by atoms with van der Waals surface area (Å²) in [6, 6.07) is 5.55. The number of carbonyl (C=O) groups is 3. The summed E-state index contributed by atoms with van der Waals surface area (Å²) >= 11 is 1.18. The lowest BCUT2D eigenvalue weighted by Crippen LogP contribution is -2.56. The van der Waals surface area contributed by atoms with Crippen LogP contribution in [0, 0.1) is 5.92 Å². The fraction of sp³-hybridized carbons (Fsp3) is 0.400. The summed E-state index contributed by atoms with van der Waals surface area (Å²) in [5.74, 6) is -3.82. The first-order valence-electron chi connectivity index (χ1n) is 11.3. The fourth-order valence-electron chi connectivity index (χ4n) is 4.87. The number of thiazole rings is 1. The van der Waals surface area contributed by atoms with Crippen molar-refractivity contribution in [1.82, 2.24) is 19.7 Å². The van der Waals surface area contributed by atoms with Crippen molar-refractivity contribution < 1.29 is 29.3 Å². The van der Waals surface area contributed by atoms with Crippen molar-refractivity contribution in [3.8, 4) is 5.75 Å². The maximum atomic E-state index is 14.2. The van der Waals surface area contributed by atoms with Gasteiger partial charge in [-0.25, -0.2) is 9.78 Å². The number of carboxylic acid groups (broad SMARTS) is 2. The lowest BCUT2D eigenvalue weighted by Gasteiger charge is -2.37. The highest BCUT2D eigenvalue weighted by molar-refractivity contribution is 7.09. The second kappa shape index (κ2) is 9.38. The molecule has 10 nitrogen and oxygen atoms in total. The molecule has 0 unspecified atom stereocenters. The molecule has 0 bridgehead atoms. The zero-order valence-electron chi connectivity index (χ0n) is 20.4. The molecular weight excluding hydrogens is 484 g/mol. The largest absolute Gasteiger partial charge is 0.496 e. The average molecular weight is 513 g/mol. The van der Waals surface area contributed by atoms with E-state index in [9.17, 15) is 24.6 Å². The summed E-state index contributed by atoms with van der Waals surface area (Å²) in [6.07, 6.45) is 4.29. The van der Waals surface area contributed by atoms with Gasteiger partial charge in [0.1, 0.15) is 10.8 Å². The minimum Gasteiger partial charge on any atom is -0.496 e. The van der Waals surface area contributed by atoms with Gasteiger partial charge < -0.3 is 19.8 Å². The molecule has 3 atom stereocenters. The van der Waals surface area contributed by atoms with Gasteiger partial charge >= 0.3 is 11.9 Å². The number of rotatable bonds is 7. The van der Waals surface area contributed by atoms with Gasteiger partial charge in [-0.3, -0.25) is 14.3 Å². The Kier molecular flexibility index (Phi) is 6.61. The van der Waals surface area contributed by atoms with Gasteiger partial charge in [-0.15, -0.1) is 11.3 Å². The van der Waals surface area contributed by atoms with E-state index in [0.29, 0.717) is 10.8 Å². The normalized spacial score (nSPS) is 21.9. The van der Waals surface area contributed by atoms with E-state index >= 15 is 0 Å². The molecule has 0 saturated carbocycles. The summed E-state index contributed by atoms with van der Waals surface area (Å²) in [7, 11) is 1.51. The van der Waals surface area contributed by atoms with E-state index in [4.69, 9.17) is 4.74 Å². The van der Waals surface area contributed by atoms with Gasteiger partial charge in [0.05, 0.1) is 25.6 Å². The first kappa shape index (κ1) is 25.4. The quantitative estimate of drug-likeness (QED) is 0.491. The van der Waals surface area contributed by atoms with Crippen molar-refractivity contribution in [3.05, 3.63) is 64.4 Å². The predicted octanol–water partition coefficient (Wildman–Crippen LogP) is 3.46. The smallest absolute Gasteiger partial charge is 0.331 e. The van der Waals surface area contributed by atoms with Crippen molar-refractivity contribution in [2.75, 3.05) is 7.11 Å². The number of benzene rings is 1. The molecule has 190 valence electrons. The molecule has 1 aliphatic rings. The number of nitrogens with zero attached hydrogens (tertiary/aromatic N) is 4. The number of aromatic nitrogens is 3. The number of likely N-dealkylation sites (tertiary alicyclic amines) is 1. The Labute approximate surface area is 212 Å². The minimum atomic E-state index is -1.88. The molecule has 0 radical (unpaired) electrons. The van der Waals surface area contributed by atoms with Crippen LogP contribution in [0.5, 0.6) is 5.75 Å².